The highest BCUT2D eigenvalue weighted by Gasteiger charge is 2.71. The van der Waals surface area contributed by atoms with Gasteiger partial charge in [-0.15, -0.1) is 0 Å². The van der Waals surface area contributed by atoms with Crippen molar-refractivity contribution in [3.63, 3.8) is 0 Å². The Hall–Kier alpha value is -1.69. The highest BCUT2D eigenvalue weighted by molar-refractivity contribution is 6.00. The van der Waals surface area contributed by atoms with E-state index in [1.165, 1.54) is 13.0 Å². The molecular weight excluding hydrogens is 298 g/mol. The first-order chi connectivity index (χ1) is 10.8. The lowest BCUT2D eigenvalue weighted by atomic mass is 9.43. The molecule has 0 unspecified atom stereocenters. The van der Waals surface area contributed by atoms with Crippen LogP contribution < -0.4 is 5.73 Å². The van der Waals surface area contributed by atoms with Crippen molar-refractivity contribution in [2.45, 2.75) is 45.1 Å². The van der Waals surface area contributed by atoms with Crippen molar-refractivity contribution in [1.29, 1.82) is 0 Å². The third-order valence-corrected chi connectivity index (χ3v) is 6.00. The Morgan fingerprint density at radius 1 is 1.35 bits per heavy atom. The summed E-state index contributed by atoms with van der Waals surface area (Å²) < 4.78 is 11.3. The number of amides is 1. The molecule has 6 heteroatoms. The zero-order valence-corrected chi connectivity index (χ0v) is 13.6. The lowest BCUT2D eigenvalue weighted by Crippen LogP contribution is -2.60. The minimum atomic E-state index is -0.573. The van der Waals surface area contributed by atoms with Crippen LogP contribution in [0.2, 0.25) is 0 Å². The van der Waals surface area contributed by atoms with E-state index in [0.29, 0.717) is 18.9 Å². The van der Waals surface area contributed by atoms with Crippen LogP contribution in [0.1, 0.15) is 39.5 Å². The predicted octanol–water partition coefficient (Wildman–Crippen LogP) is 1.13. The number of nitrogens with two attached hydrogens (primary N) is 1. The summed E-state index contributed by atoms with van der Waals surface area (Å²) in [6.45, 7) is 3.74. The molecule has 0 radical (unpaired) electrons. The van der Waals surface area contributed by atoms with Crippen LogP contribution >= 0.6 is 0 Å². The number of hydrogen-bond acceptors (Lipinski definition) is 5. The number of ketones is 1. The maximum absolute atomic E-state index is 12.3. The van der Waals surface area contributed by atoms with Gasteiger partial charge >= 0.3 is 5.97 Å². The van der Waals surface area contributed by atoms with Crippen LogP contribution in [-0.4, -0.2) is 36.5 Å². The Labute approximate surface area is 135 Å². The number of hydrogen-bond donors (Lipinski definition) is 1. The van der Waals surface area contributed by atoms with Gasteiger partial charge in [0.15, 0.2) is 5.78 Å². The van der Waals surface area contributed by atoms with Crippen molar-refractivity contribution in [3.8, 4) is 0 Å². The van der Waals surface area contributed by atoms with Crippen molar-refractivity contribution in [2.75, 3.05) is 13.2 Å². The zero-order chi connectivity index (χ0) is 16.8. The van der Waals surface area contributed by atoms with Crippen molar-refractivity contribution in [1.82, 2.24) is 0 Å². The number of rotatable bonds is 6. The zero-order valence-electron chi connectivity index (χ0n) is 13.6. The minimum absolute atomic E-state index is 0.0789. The summed E-state index contributed by atoms with van der Waals surface area (Å²) in [7, 11) is 0. The predicted molar refractivity (Wildman–Crippen MR) is 81.2 cm³/mol. The Balaban J connectivity index is 1.74. The van der Waals surface area contributed by atoms with Gasteiger partial charge in [-0.3, -0.25) is 14.4 Å². The van der Waals surface area contributed by atoms with Crippen LogP contribution in [-0.2, 0) is 23.9 Å². The first-order valence-corrected chi connectivity index (χ1v) is 8.07. The van der Waals surface area contributed by atoms with Gasteiger partial charge in [-0.1, -0.05) is 0 Å². The topological polar surface area (TPSA) is 95.7 Å². The van der Waals surface area contributed by atoms with Gasteiger partial charge in [0.1, 0.15) is 12.2 Å². The van der Waals surface area contributed by atoms with Crippen LogP contribution in [0.4, 0.5) is 0 Å². The Morgan fingerprint density at radius 2 is 2.09 bits per heavy atom. The minimum Gasteiger partial charge on any atom is -0.463 e. The van der Waals surface area contributed by atoms with Gasteiger partial charge in [-0.25, -0.2) is 0 Å². The summed E-state index contributed by atoms with van der Waals surface area (Å²) in [4.78, 5) is 34.5. The highest BCUT2D eigenvalue weighted by atomic mass is 16.6. The van der Waals surface area contributed by atoms with E-state index in [9.17, 15) is 14.4 Å². The fourth-order valence-electron chi connectivity index (χ4n) is 4.73. The summed E-state index contributed by atoms with van der Waals surface area (Å²) in [5, 5.41) is 0. The third-order valence-electron chi connectivity index (χ3n) is 6.00. The van der Waals surface area contributed by atoms with Gasteiger partial charge in [-0.2, -0.15) is 0 Å². The van der Waals surface area contributed by atoms with E-state index >= 15 is 0 Å². The number of primary amides is 1. The first-order valence-electron chi connectivity index (χ1n) is 8.07. The lowest BCUT2D eigenvalue weighted by Gasteiger charge is -2.59. The van der Waals surface area contributed by atoms with E-state index in [0.717, 1.165) is 19.3 Å². The smallest absolute Gasteiger partial charge is 0.302 e. The quantitative estimate of drug-likeness (QED) is 0.584. The van der Waals surface area contributed by atoms with E-state index in [-0.39, 0.29) is 35.3 Å². The standard InChI is InChI=1S/C17H23NO5/c1-10(15(18)21)5-13(20)7-16-8-23-17(9-22-11(2)19)4-3-12(16)6-14(16)17/h5,12,14H,3-4,6-9H2,1-2H3,(H2,18,21)/b10-5+/t12-,14+,16-,17+/m0/s1. The molecule has 6 nitrogen and oxygen atoms in total. The second-order valence-corrected chi connectivity index (χ2v) is 7.23. The molecule has 4 rings (SSSR count). The second-order valence-electron chi connectivity index (χ2n) is 7.23. The number of esters is 1. The number of fused-ring (bicyclic) bond motifs is 1. The van der Waals surface area contributed by atoms with E-state index in [1.54, 1.807) is 6.92 Å². The normalized spacial score (nSPS) is 37.9. The number of allylic oxidation sites excluding steroid dienone is 1. The molecule has 0 aromatic rings. The second kappa shape index (κ2) is 5.44. The van der Waals surface area contributed by atoms with Crippen LogP contribution in [0.15, 0.2) is 11.6 Å². The summed E-state index contributed by atoms with van der Waals surface area (Å²) in [5.74, 6) is -0.231. The van der Waals surface area contributed by atoms with Gasteiger partial charge < -0.3 is 15.2 Å². The SMILES string of the molecule is CC(=O)OC[C@]12CC[C@H]3C[C@@H]1[C@@]3(CC(=O)/C=C(\C)C(N)=O)CO2. The van der Waals surface area contributed by atoms with Crippen LogP contribution in [0.5, 0.6) is 0 Å². The maximum Gasteiger partial charge on any atom is 0.302 e. The van der Waals surface area contributed by atoms with E-state index in [1.807, 2.05) is 0 Å². The molecule has 4 fully saturated rings. The first kappa shape index (κ1) is 16.2. The molecule has 2 N–H and O–H groups in total. The summed E-state index contributed by atoms with van der Waals surface area (Å²) in [5.41, 5.74) is 4.87. The van der Waals surface area contributed by atoms with Crippen LogP contribution in [0.3, 0.4) is 0 Å². The molecule has 0 spiro atoms. The van der Waals surface area contributed by atoms with Gasteiger partial charge in [0.25, 0.3) is 0 Å². The number of ether oxygens (including phenoxy) is 2. The molecule has 1 amide bonds. The maximum atomic E-state index is 12.3. The van der Waals surface area contributed by atoms with Gasteiger partial charge in [-0.05, 0) is 38.2 Å². The van der Waals surface area contributed by atoms with Crippen LogP contribution in [0, 0.1) is 17.3 Å². The Kier molecular flexibility index (Phi) is 3.83. The summed E-state index contributed by atoms with van der Waals surface area (Å²) >= 11 is 0. The Bertz CT molecular complexity index is 596. The molecule has 1 heterocycles. The molecule has 0 aromatic carbocycles. The van der Waals surface area contributed by atoms with Crippen molar-refractivity contribution in [3.05, 3.63) is 11.6 Å². The van der Waals surface area contributed by atoms with Crippen molar-refractivity contribution >= 4 is 17.7 Å². The molecule has 4 atom stereocenters. The Morgan fingerprint density at radius 3 is 2.70 bits per heavy atom. The highest BCUT2D eigenvalue weighted by Crippen LogP contribution is 2.70. The van der Waals surface area contributed by atoms with Gasteiger partial charge in [0, 0.05) is 30.3 Å². The van der Waals surface area contributed by atoms with E-state index in [4.69, 9.17) is 15.2 Å². The molecule has 1 saturated heterocycles. The largest absolute Gasteiger partial charge is 0.463 e. The lowest BCUT2D eigenvalue weighted by molar-refractivity contribution is -0.169. The fourth-order valence-corrected chi connectivity index (χ4v) is 4.73. The summed E-state index contributed by atoms with van der Waals surface area (Å²) in [6.07, 6.45) is 4.60. The molecular formula is C17H23NO5. The monoisotopic (exact) mass is 321 g/mol. The molecule has 0 aromatic heterocycles. The van der Waals surface area contributed by atoms with Crippen molar-refractivity contribution < 1.29 is 23.9 Å². The number of carbonyl (C=O) groups excluding carboxylic acids is 3. The number of carbonyl (C=O) groups is 3. The molecule has 4 bridgehead atoms. The van der Waals surface area contributed by atoms with E-state index in [2.05, 4.69) is 0 Å². The molecule has 126 valence electrons. The molecule has 23 heavy (non-hydrogen) atoms. The third kappa shape index (κ3) is 2.49. The van der Waals surface area contributed by atoms with E-state index < -0.39 is 11.5 Å². The molecule has 4 aliphatic rings. The average molecular weight is 321 g/mol. The van der Waals surface area contributed by atoms with Crippen LogP contribution in [0.25, 0.3) is 0 Å². The van der Waals surface area contributed by atoms with Gasteiger partial charge in [0.05, 0.1) is 6.61 Å². The fraction of sp³-hybridized carbons (Fsp3) is 0.706. The average Bonchev–Trinajstić information content (AvgIpc) is 2.63. The molecule has 3 saturated carbocycles. The van der Waals surface area contributed by atoms with Crippen molar-refractivity contribution in [2.24, 2.45) is 23.0 Å². The molecule has 3 aliphatic carbocycles. The van der Waals surface area contributed by atoms with Gasteiger partial charge in [0.2, 0.25) is 5.91 Å². The molecule has 1 aliphatic heterocycles. The summed E-state index contributed by atoms with van der Waals surface area (Å²) in [6, 6.07) is 0.